The van der Waals surface area contributed by atoms with E-state index in [1.54, 1.807) is 0 Å². The molecule has 0 aromatic rings. The van der Waals surface area contributed by atoms with Gasteiger partial charge in [0.2, 0.25) is 0 Å². The first-order chi connectivity index (χ1) is 11.7. The number of hydrogen-bond acceptors (Lipinski definition) is 2. The second-order valence-electron chi connectivity index (χ2n) is 7.41. The third-order valence-electron chi connectivity index (χ3n) is 5.10. The molecule has 0 radical (unpaired) electrons. The van der Waals surface area contributed by atoms with Crippen LogP contribution in [0, 0.1) is 5.92 Å². The Kier molecular flexibility index (Phi) is 16.9. The van der Waals surface area contributed by atoms with Crippen molar-refractivity contribution in [2.75, 3.05) is 0 Å². The number of hydrogen-bond donors (Lipinski definition) is 0. The lowest BCUT2D eigenvalue weighted by molar-refractivity contribution is -0.150. The molecule has 0 fully saturated rings. The van der Waals surface area contributed by atoms with Gasteiger partial charge in [0, 0.05) is 6.42 Å². The average molecular weight is 341 g/mol. The van der Waals surface area contributed by atoms with Crippen molar-refractivity contribution in [3.63, 3.8) is 0 Å². The predicted molar refractivity (Wildman–Crippen MR) is 105 cm³/mol. The topological polar surface area (TPSA) is 26.3 Å². The number of ether oxygens (including phenoxy) is 1. The minimum atomic E-state index is 0.0329. The fourth-order valence-electron chi connectivity index (χ4n) is 3.29. The summed E-state index contributed by atoms with van der Waals surface area (Å²) in [5, 5.41) is 0. The van der Waals surface area contributed by atoms with Crippen molar-refractivity contribution in [1.29, 1.82) is 0 Å². The zero-order chi connectivity index (χ0) is 18.0. The van der Waals surface area contributed by atoms with Gasteiger partial charge < -0.3 is 4.74 Å². The summed E-state index contributed by atoms with van der Waals surface area (Å²) in [6, 6.07) is 0. The van der Waals surface area contributed by atoms with E-state index in [0.717, 1.165) is 38.0 Å². The van der Waals surface area contributed by atoms with E-state index in [9.17, 15) is 4.79 Å². The molecular weight excluding hydrogens is 296 g/mol. The second-order valence-corrected chi connectivity index (χ2v) is 7.41. The number of esters is 1. The Morgan fingerprint density at radius 2 is 1.38 bits per heavy atom. The number of unbranched alkanes of at least 4 members (excludes halogenated alkanes) is 6. The van der Waals surface area contributed by atoms with Gasteiger partial charge in [-0.2, -0.15) is 0 Å². The molecule has 0 rings (SSSR count). The molecule has 144 valence electrons. The van der Waals surface area contributed by atoms with Gasteiger partial charge in [0.05, 0.1) is 0 Å². The molecule has 0 aromatic heterocycles. The summed E-state index contributed by atoms with van der Waals surface area (Å²) in [5.41, 5.74) is 0. The molecule has 2 atom stereocenters. The zero-order valence-electron chi connectivity index (χ0n) is 17.1. The van der Waals surface area contributed by atoms with Gasteiger partial charge in [-0.05, 0) is 38.0 Å². The van der Waals surface area contributed by atoms with Crippen molar-refractivity contribution in [3.8, 4) is 0 Å². The van der Waals surface area contributed by atoms with Crippen LogP contribution >= 0.6 is 0 Å². The van der Waals surface area contributed by atoms with Gasteiger partial charge in [-0.3, -0.25) is 4.79 Å². The predicted octanol–water partition coefficient (Wildman–Crippen LogP) is 7.45. The van der Waals surface area contributed by atoms with Gasteiger partial charge in [-0.15, -0.1) is 0 Å². The van der Waals surface area contributed by atoms with Gasteiger partial charge in [0.15, 0.2) is 0 Å². The fourth-order valence-corrected chi connectivity index (χ4v) is 3.29. The summed E-state index contributed by atoms with van der Waals surface area (Å²) in [4.78, 5) is 12.1. The van der Waals surface area contributed by atoms with E-state index in [4.69, 9.17) is 4.74 Å². The Morgan fingerprint density at radius 3 is 2.00 bits per heavy atom. The molecular formula is C22H44O2. The van der Waals surface area contributed by atoms with E-state index in [0.29, 0.717) is 6.42 Å². The minimum Gasteiger partial charge on any atom is -0.462 e. The Bertz CT molecular complexity index is 275. The molecule has 0 spiro atoms. The van der Waals surface area contributed by atoms with Crippen LogP contribution < -0.4 is 0 Å². The Balaban J connectivity index is 4.26. The maximum absolute atomic E-state index is 12.1. The Hall–Kier alpha value is -0.530. The summed E-state index contributed by atoms with van der Waals surface area (Å²) in [5.74, 6) is 0.840. The van der Waals surface area contributed by atoms with E-state index in [1.165, 1.54) is 57.8 Å². The van der Waals surface area contributed by atoms with Crippen LogP contribution in [0.2, 0.25) is 0 Å². The van der Waals surface area contributed by atoms with Crippen molar-refractivity contribution >= 4 is 5.97 Å². The lowest BCUT2D eigenvalue weighted by atomic mass is 9.92. The molecule has 0 aliphatic rings. The highest BCUT2D eigenvalue weighted by Gasteiger charge is 2.16. The van der Waals surface area contributed by atoms with E-state index >= 15 is 0 Å². The molecule has 0 heterocycles. The van der Waals surface area contributed by atoms with E-state index in [2.05, 4.69) is 27.7 Å². The molecule has 0 aliphatic heterocycles. The highest BCUT2D eigenvalue weighted by atomic mass is 16.5. The molecule has 24 heavy (non-hydrogen) atoms. The number of carbonyl (C=O) groups is 1. The summed E-state index contributed by atoms with van der Waals surface area (Å²) in [6.45, 7) is 8.97. The van der Waals surface area contributed by atoms with Crippen LogP contribution in [0.3, 0.4) is 0 Å². The fraction of sp³-hybridized carbons (Fsp3) is 0.955. The quantitative estimate of drug-likeness (QED) is 0.203. The van der Waals surface area contributed by atoms with Crippen LogP contribution in [0.15, 0.2) is 0 Å². The molecule has 0 saturated heterocycles. The van der Waals surface area contributed by atoms with Gasteiger partial charge in [-0.1, -0.05) is 85.5 Å². The molecule has 2 heteroatoms. The highest BCUT2D eigenvalue weighted by Crippen LogP contribution is 2.23. The van der Waals surface area contributed by atoms with Crippen molar-refractivity contribution in [2.45, 2.75) is 130 Å². The van der Waals surface area contributed by atoms with Gasteiger partial charge in [-0.25, -0.2) is 0 Å². The van der Waals surface area contributed by atoms with E-state index < -0.39 is 0 Å². The van der Waals surface area contributed by atoms with Gasteiger partial charge >= 0.3 is 5.97 Å². The van der Waals surface area contributed by atoms with Crippen LogP contribution in [0.5, 0.6) is 0 Å². The SMILES string of the molecule is CCCCCCC(CCC(CC)CCCC)OC(=O)CCCCC. The molecule has 0 aromatic carbocycles. The lowest BCUT2D eigenvalue weighted by Crippen LogP contribution is -2.19. The largest absolute Gasteiger partial charge is 0.462 e. The van der Waals surface area contributed by atoms with Crippen molar-refractivity contribution < 1.29 is 9.53 Å². The van der Waals surface area contributed by atoms with Gasteiger partial charge in [0.1, 0.15) is 6.10 Å². The molecule has 0 N–H and O–H groups in total. The summed E-state index contributed by atoms with van der Waals surface area (Å²) in [6.07, 6.45) is 17.6. The minimum absolute atomic E-state index is 0.0329. The highest BCUT2D eigenvalue weighted by molar-refractivity contribution is 5.69. The normalized spacial score (nSPS) is 13.7. The summed E-state index contributed by atoms with van der Waals surface area (Å²) in [7, 11) is 0. The van der Waals surface area contributed by atoms with E-state index in [-0.39, 0.29) is 12.1 Å². The summed E-state index contributed by atoms with van der Waals surface area (Å²) < 4.78 is 5.84. The Morgan fingerprint density at radius 1 is 0.708 bits per heavy atom. The maximum Gasteiger partial charge on any atom is 0.306 e. The molecule has 0 aliphatic carbocycles. The molecule has 0 saturated carbocycles. The monoisotopic (exact) mass is 340 g/mol. The number of carbonyl (C=O) groups excluding carboxylic acids is 1. The van der Waals surface area contributed by atoms with Crippen LogP contribution in [0.1, 0.15) is 124 Å². The first-order valence-corrected chi connectivity index (χ1v) is 10.9. The average Bonchev–Trinajstić information content (AvgIpc) is 2.58. The third kappa shape index (κ3) is 13.9. The maximum atomic E-state index is 12.1. The van der Waals surface area contributed by atoms with Crippen LogP contribution in [-0.2, 0) is 9.53 Å². The van der Waals surface area contributed by atoms with Crippen molar-refractivity contribution in [3.05, 3.63) is 0 Å². The van der Waals surface area contributed by atoms with Crippen molar-refractivity contribution in [1.82, 2.24) is 0 Å². The first-order valence-electron chi connectivity index (χ1n) is 10.9. The first kappa shape index (κ1) is 23.5. The van der Waals surface area contributed by atoms with E-state index in [1.807, 2.05) is 0 Å². The van der Waals surface area contributed by atoms with Crippen LogP contribution in [-0.4, -0.2) is 12.1 Å². The zero-order valence-corrected chi connectivity index (χ0v) is 17.1. The standard InChI is InChI=1S/C22H44O2/c1-5-9-12-14-16-21(24-22(23)17-13-10-6-2)19-18-20(8-4)15-11-7-3/h20-21H,5-19H2,1-4H3. The summed E-state index contributed by atoms with van der Waals surface area (Å²) >= 11 is 0. The smallest absolute Gasteiger partial charge is 0.306 e. The van der Waals surface area contributed by atoms with Crippen LogP contribution in [0.25, 0.3) is 0 Å². The molecule has 2 nitrogen and oxygen atoms in total. The third-order valence-corrected chi connectivity index (χ3v) is 5.10. The molecule has 0 amide bonds. The number of rotatable bonds is 17. The molecule has 2 unspecified atom stereocenters. The second kappa shape index (κ2) is 17.3. The molecule has 0 bridgehead atoms. The van der Waals surface area contributed by atoms with Crippen molar-refractivity contribution in [2.24, 2.45) is 5.92 Å². The van der Waals surface area contributed by atoms with Gasteiger partial charge in [0.25, 0.3) is 0 Å². The van der Waals surface area contributed by atoms with Crippen LogP contribution in [0.4, 0.5) is 0 Å². The lowest BCUT2D eigenvalue weighted by Gasteiger charge is -2.21. The Labute approximate surface area is 152 Å².